The van der Waals surface area contributed by atoms with Crippen molar-refractivity contribution in [1.82, 2.24) is 0 Å². The van der Waals surface area contributed by atoms with Gasteiger partial charge in [-0.25, -0.2) is 0 Å². The molecular weight excluding hydrogens is 283 g/mol. The number of halogens is 1. The zero-order valence-electron chi connectivity index (χ0n) is 9.56. The molecule has 0 saturated heterocycles. The number of rotatable bonds is 5. The van der Waals surface area contributed by atoms with Crippen molar-refractivity contribution in [1.29, 1.82) is 0 Å². The van der Waals surface area contributed by atoms with Gasteiger partial charge < -0.3 is 0 Å². The summed E-state index contributed by atoms with van der Waals surface area (Å²) in [7, 11) is 0. The van der Waals surface area contributed by atoms with Crippen LogP contribution in [0.2, 0.25) is 0 Å². The SMILES string of the molecule is CCCC(CCC)C1CCCC=C1I. The molecule has 0 heterocycles. The Bertz CT molecular complexity index is 178. The first-order chi connectivity index (χ1) is 6.79. The summed E-state index contributed by atoms with van der Waals surface area (Å²) in [5.74, 6) is 1.87. The minimum absolute atomic E-state index is 0.907. The van der Waals surface area contributed by atoms with Gasteiger partial charge in [-0.2, -0.15) is 0 Å². The molecule has 0 aromatic heterocycles. The molecule has 0 aromatic carbocycles. The standard InChI is InChI=1S/C13H23I/c1-3-7-11(8-4-2)12-9-5-6-10-13(12)14/h10-12H,3-9H2,1-2H3. The van der Waals surface area contributed by atoms with E-state index < -0.39 is 0 Å². The van der Waals surface area contributed by atoms with Crippen LogP contribution in [0.5, 0.6) is 0 Å². The molecule has 0 saturated carbocycles. The van der Waals surface area contributed by atoms with Crippen LogP contribution in [0.3, 0.4) is 0 Å². The smallest absolute Gasteiger partial charge is 0.00786 e. The second kappa shape index (κ2) is 6.86. The fourth-order valence-electron chi connectivity index (χ4n) is 2.62. The normalized spacial score (nSPS) is 22.6. The van der Waals surface area contributed by atoms with E-state index in [9.17, 15) is 0 Å². The Balaban J connectivity index is 2.56. The van der Waals surface area contributed by atoms with E-state index in [1.807, 2.05) is 0 Å². The van der Waals surface area contributed by atoms with E-state index in [1.165, 1.54) is 44.9 Å². The van der Waals surface area contributed by atoms with Gasteiger partial charge in [0.1, 0.15) is 0 Å². The number of hydrogen-bond acceptors (Lipinski definition) is 0. The Morgan fingerprint density at radius 3 is 2.50 bits per heavy atom. The topological polar surface area (TPSA) is 0 Å². The van der Waals surface area contributed by atoms with Gasteiger partial charge in [0.15, 0.2) is 0 Å². The first-order valence-corrected chi connectivity index (χ1v) is 7.23. The summed E-state index contributed by atoms with van der Waals surface area (Å²) >= 11 is 2.57. The molecule has 1 aliphatic carbocycles. The van der Waals surface area contributed by atoms with Crippen molar-refractivity contribution in [3.63, 3.8) is 0 Å². The van der Waals surface area contributed by atoms with E-state index in [0.717, 1.165) is 11.8 Å². The minimum atomic E-state index is 0.907. The summed E-state index contributed by atoms with van der Waals surface area (Å²) in [6.45, 7) is 4.64. The lowest BCUT2D eigenvalue weighted by Gasteiger charge is -2.29. The molecule has 0 aliphatic heterocycles. The molecule has 1 rings (SSSR count). The maximum atomic E-state index is 2.57. The van der Waals surface area contributed by atoms with Gasteiger partial charge in [0.25, 0.3) is 0 Å². The predicted molar refractivity (Wildman–Crippen MR) is 72.8 cm³/mol. The molecule has 1 unspecified atom stereocenters. The van der Waals surface area contributed by atoms with E-state index in [2.05, 4.69) is 42.5 Å². The Labute approximate surface area is 103 Å². The second-order valence-corrected chi connectivity index (χ2v) is 5.71. The van der Waals surface area contributed by atoms with Crippen LogP contribution >= 0.6 is 22.6 Å². The van der Waals surface area contributed by atoms with Crippen molar-refractivity contribution in [2.45, 2.75) is 58.8 Å². The number of hydrogen-bond donors (Lipinski definition) is 0. The van der Waals surface area contributed by atoms with E-state index >= 15 is 0 Å². The number of allylic oxidation sites excluding steroid dienone is 2. The average molecular weight is 306 g/mol. The summed E-state index contributed by atoms with van der Waals surface area (Å²) < 4.78 is 1.65. The first kappa shape index (κ1) is 12.5. The fraction of sp³-hybridized carbons (Fsp3) is 0.846. The Hall–Kier alpha value is 0.470. The monoisotopic (exact) mass is 306 g/mol. The fourth-order valence-corrected chi connectivity index (χ4v) is 3.75. The molecule has 0 aromatic rings. The van der Waals surface area contributed by atoms with Crippen molar-refractivity contribution in [3.05, 3.63) is 9.66 Å². The molecule has 1 aliphatic rings. The highest BCUT2D eigenvalue weighted by Crippen LogP contribution is 2.38. The molecule has 0 radical (unpaired) electrons. The van der Waals surface area contributed by atoms with Gasteiger partial charge >= 0.3 is 0 Å². The minimum Gasteiger partial charge on any atom is -0.0749 e. The maximum absolute atomic E-state index is 2.57. The largest absolute Gasteiger partial charge is 0.0749 e. The summed E-state index contributed by atoms with van der Waals surface area (Å²) in [6, 6.07) is 0. The Morgan fingerprint density at radius 1 is 1.36 bits per heavy atom. The van der Waals surface area contributed by atoms with Crippen LogP contribution in [0.1, 0.15) is 58.8 Å². The van der Waals surface area contributed by atoms with Crippen LogP contribution in [0, 0.1) is 11.8 Å². The van der Waals surface area contributed by atoms with Gasteiger partial charge in [-0.05, 0) is 57.3 Å². The summed E-state index contributed by atoms with van der Waals surface area (Å²) in [5, 5.41) is 0. The molecule has 0 bridgehead atoms. The van der Waals surface area contributed by atoms with Gasteiger partial charge in [-0.1, -0.05) is 45.6 Å². The summed E-state index contributed by atoms with van der Waals surface area (Å²) in [5.41, 5.74) is 0. The zero-order chi connectivity index (χ0) is 10.4. The van der Waals surface area contributed by atoms with Gasteiger partial charge in [0, 0.05) is 0 Å². The third-order valence-electron chi connectivity index (χ3n) is 3.30. The molecule has 0 fully saturated rings. The third kappa shape index (κ3) is 3.56. The van der Waals surface area contributed by atoms with Crippen molar-refractivity contribution in [2.24, 2.45) is 11.8 Å². The third-order valence-corrected chi connectivity index (χ3v) is 4.54. The van der Waals surface area contributed by atoms with Crippen LogP contribution in [0.25, 0.3) is 0 Å². The highest BCUT2D eigenvalue weighted by molar-refractivity contribution is 14.1. The molecule has 0 nitrogen and oxygen atoms in total. The lowest BCUT2D eigenvalue weighted by Crippen LogP contribution is -2.17. The predicted octanol–water partition coefficient (Wildman–Crippen LogP) is 5.32. The highest BCUT2D eigenvalue weighted by atomic mass is 127. The van der Waals surface area contributed by atoms with Crippen LogP contribution in [0.15, 0.2) is 9.66 Å². The maximum Gasteiger partial charge on any atom is -0.00786 e. The van der Waals surface area contributed by atoms with Crippen molar-refractivity contribution in [3.8, 4) is 0 Å². The molecular formula is C13H23I. The average Bonchev–Trinajstić information content (AvgIpc) is 2.18. The van der Waals surface area contributed by atoms with Gasteiger partial charge in [0.05, 0.1) is 0 Å². The highest BCUT2D eigenvalue weighted by Gasteiger charge is 2.23. The van der Waals surface area contributed by atoms with E-state index in [1.54, 1.807) is 3.58 Å². The summed E-state index contributed by atoms with van der Waals surface area (Å²) in [4.78, 5) is 0. The quantitative estimate of drug-likeness (QED) is 0.603. The van der Waals surface area contributed by atoms with Crippen molar-refractivity contribution in [2.75, 3.05) is 0 Å². The van der Waals surface area contributed by atoms with E-state index in [0.29, 0.717) is 0 Å². The lowest BCUT2D eigenvalue weighted by molar-refractivity contribution is 0.310. The molecule has 14 heavy (non-hydrogen) atoms. The van der Waals surface area contributed by atoms with Gasteiger partial charge in [-0.3, -0.25) is 0 Å². The Morgan fingerprint density at radius 2 is 2.00 bits per heavy atom. The first-order valence-electron chi connectivity index (χ1n) is 6.15. The molecule has 0 spiro atoms. The second-order valence-electron chi connectivity index (χ2n) is 4.46. The van der Waals surface area contributed by atoms with E-state index in [4.69, 9.17) is 0 Å². The van der Waals surface area contributed by atoms with Crippen molar-refractivity contribution < 1.29 is 0 Å². The van der Waals surface area contributed by atoms with Gasteiger partial charge in [0.2, 0.25) is 0 Å². The molecule has 0 N–H and O–H groups in total. The lowest BCUT2D eigenvalue weighted by atomic mass is 9.80. The summed E-state index contributed by atoms with van der Waals surface area (Å²) in [6.07, 6.45) is 12.2. The van der Waals surface area contributed by atoms with Gasteiger partial charge in [-0.15, -0.1) is 0 Å². The molecule has 1 heteroatoms. The van der Waals surface area contributed by atoms with Crippen LogP contribution < -0.4 is 0 Å². The molecule has 0 amide bonds. The molecule has 1 atom stereocenters. The zero-order valence-corrected chi connectivity index (χ0v) is 11.7. The van der Waals surface area contributed by atoms with Crippen LogP contribution in [-0.4, -0.2) is 0 Å². The molecule has 82 valence electrons. The van der Waals surface area contributed by atoms with Crippen LogP contribution in [0.4, 0.5) is 0 Å². The van der Waals surface area contributed by atoms with E-state index in [-0.39, 0.29) is 0 Å². The van der Waals surface area contributed by atoms with Crippen LogP contribution in [-0.2, 0) is 0 Å². The Kier molecular flexibility index (Phi) is 6.15. The van der Waals surface area contributed by atoms with Crippen molar-refractivity contribution >= 4 is 22.6 Å².